The molecular formula is H4NaO4S2. The van der Waals surface area contributed by atoms with E-state index in [1.54, 1.807) is 0 Å². The van der Waals surface area contributed by atoms with Crippen molar-refractivity contribution in [2.45, 2.75) is 0 Å². The van der Waals surface area contributed by atoms with Crippen LogP contribution in [0.3, 0.4) is 0 Å². The van der Waals surface area contributed by atoms with Crippen molar-refractivity contribution in [3.05, 3.63) is 0 Å². The molecule has 0 atom stereocenters. The SMILES string of the molecule is O.O=S(O)(O)=S.[Na]. The van der Waals surface area contributed by atoms with Crippen molar-refractivity contribution in [2.75, 3.05) is 0 Å². The normalized spacial score (nSPS) is 8.29. The van der Waals surface area contributed by atoms with E-state index in [2.05, 4.69) is 11.2 Å². The summed E-state index contributed by atoms with van der Waals surface area (Å²) in [7, 11) is -3.83. The van der Waals surface area contributed by atoms with E-state index in [1.807, 2.05) is 0 Å². The third kappa shape index (κ3) is 128. The van der Waals surface area contributed by atoms with E-state index in [9.17, 15) is 0 Å². The van der Waals surface area contributed by atoms with E-state index in [0.29, 0.717) is 0 Å². The van der Waals surface area contributed by atoms with Gasteiger partial charge in [-0.25, -0.2) is 0 Å². The predicted octanol–water partition coefficient (Wildman–Crippen LogP) is -1.53. The fourth-order valence-electron chi connectivity index (χ4n) is 0. The first-order valence-corrected chi connectivity index (χ1v) is 3.10. The molecule has 1 radical (unpaired) electrons. The Morgan fingerprint density at radius 3 is 1.43 bits per heavy atom. The van der Waals surface area contributed by atoms with Gasteiger partial charge in [0.15, 0.2) is 0 Å². The minimum Gasteiger partial charge on any atom is -0.412 e. The second-order valence-electron chi connectivity index (χ2n) is 0.448. The Morgan fingerprint density at radius 1 is 1.43 bits per heavy atom. The first kappa shape index (κ1) is 15.7. The molecule has 0 aromatic carbocycles. The summed E-state index contributed by atoms with van der Waals surface area (Å²) in [6.45, 7) is 0. The Labute approximate surface area is 68.2 Å². The zero-order valence-corrected chi connectivity index (χ0v) is 7.25. The standard InChI is InChI=1S/Na.H2O3S2.H2O/c;1-5(2,3)4;/h;(H2,1,2,3,4);1H2. The second-order valence-corrected chi connectivity index (χ2v) is 2.65. The van der Waals surface area contributed by atoms with Crippen LogP contribution in [0, 0.1) is 0 Å². The van der Waals surface area contributed by atoms with Gasteiger partial charge in [-0.05, 0) is 0 Å². The molecule has 0 saturated carbocycles. The molecule has 7 heteroatoms. The molecule has 0 aliphatic rings. The van der Waals surface area contributed by atoms with Gasteiger partial charge in [-0.2, -0.15) is 4.21 Å². The maximum atomic E-state index is 9.11. The molecule has 0 fully saturated rings. The molecule has 41 valence electrons. The van der Waals surface area contributed by atoms with E-state index < -0.39 is 9.05 Å². The molecule has 0 aromatic rings. The van der Waals surface area contributed by atoms with Crippen LogP contribution in [0.15, 0.2) is 0 Å². The molecular weight excluding hydrogens is 151 g/mol. The smallest absolute Gasteiger partial charge is 0.263 e. The minimum absolute atomic E-state index is 0. The van der Waals surface area contributed by atoms with Crippen LogP contribution in [-0.4, -0.2) is 48.3 Å². The van der Waals surface area contributed by atoms with Crippen molar-refractivity contribution in [2.24, 2.45) is 0 Å². The van der Waals surface area contributed by atoms with Gasteiger partial charge >= 0.3 is 0 Å². The molecule has 0 aliphatic heterocycles. The first-order chi connectivity index (χ1) is 2.00. The van der Waals surface area contributed by atoms with Crippen LogP contribution >= 0.6 is 0 Å². The quantitative estimate of drug-likeness (QED) is 0.415. The van der Waals surface area contributed by atoms with Gasteiger partial charge in [0.1, 0.15) is 0 Å². The van der Waals surface area contributed by atoms with E-state index >= 15 is 0 Å². The van der Waals surface area contributed by atoms with Gasteiger partial charge in [0.25, 0.3) is 9.05 Å². The fraction of sp³-hybridized carbons (Fsp3) is 0. The summed E-state index contributed by atoms with van der Waals surface area (Å²) in [5, 5.41) is 0. The van der Waals surface area contributed by atoms with Crippen LogP contribution in [0.4, 0.5) is 0 Å². The molecule has 0 unspecified atom stereocenters. The maximum absolute atomic E-state index is 9.11. The van der Waals surface area contributed by atoms with Crippen LogP contribution in [-0.2, 0) is 20.2 Å². The van der Waals surface area contributed by atoms with E-state index in [0.717, 1.165) is 0 Å². The predicted molar refractivity (Wildman–Crippen MR) is 30.1 cm³/mol. The summed E-state index contributed by atoms with van der Waals surface area (Å²) in [5.74, 6) is 0. The Kier molecular flexibility index (Phi) is 12.1. The molecule has 4 N–H and O–H groups in total. The summed E-state index contributed by atoms with van der Waals surface area (Å²) in [5.41, 5.74) is 0. The van der Waals surface area contributed by atoms with Gasteiger partial charge in [-0.15, -0.1) is 0 Å². The van der Waals surface area contributed by atoms with E-state index in [4.69, 9.17) is 13.3 Å². The van der Waals surface area contributed by atoms with E-state index in [1.165, 1.54) is 0 Å². The Bertz CT molecular complexity index is 92.9. The van der Waals surface area contributed by atoms with Crippen molar-refractivity contribution < 1.29 is 18.8 Å². The van der Waals surface area contributed by atoms with Gasteiger partial charge in [0.05, 0.1) is 0 Å². The summed E-state index contributed by atoms with van der Waals surface area (Å²) >= 11 is 3.47. The Balaban J connectivity index is -0.0000000800. The molecule has 0 rings (SSSR count). The first-order valence-electron chi connectivity index (χ1n) is 0.698. The van der Waals surface area contributed by atoms with Gasteiger partial charge in [-0.3, -0.25) is 9.11 Å². The zero-order valence-electron chi connectivity index (χ0n) is 3.62. The fourth-order valence-corrected chi connectivity index (χ4v) is 0. The van der Waals surface area contributed by atoms with Crippen LogP contribution in [0.2, 0.25) is 0 Å². The van der Waals surface area contributed by atoms with Gasteiger partial charge in [0, 0.05) is 40.7 Å². The van der Waals surface area contributed by atoms with Crippen LogP contribution in [0.5, 0.6) is 0 Å². The summed E-state index contributed by atoms with van der Waals surface area (Å²) in [4.78, 5) is 0. The molecule has 0 amide bonds. The van der Waals surface area contributed by atoms with Crippen LogP contribution < -0.4 is 0 Å². The molecule has 0 aliphatic carbocycles. The molecule has 0 heterocycles. The molecule has 0 saturated heterocycles. The van der Waals surface area contributed by atoms with Crippen molar-refractivity contribution in [3.8, 4) is 0 Å². The minimum atomic E-state index is -3.83. The Morgan fingerprint density at radius 2 is 1.43 bits per heavy atom. The third-order valence-electron chi connectivity index (χ3n) is 0. The monoisotopic (exact) mass is 155 g/mol. The third-order valence-corrected chi connectivity index (χ3v) is 0. The molecule has 0 bridgehead atoms. The van der Waals surface area contributed by atoms with Crippen molar-refractivity contribution in [1.82, 2.24) is 0 Å². The van der Waals surface area contributed by atoms with Gasteiger partial charge in [0.2, 0.25) is 0 Å². The Hall–Kier alpha value is 1.25. The van der Waals surface area contributed by atoms with Crippen molar-refractivity contribution >= 4 is 49.8 Å². The average molecular weight is 155 g/mol. The number of hydrogen-bond donors (Lipinski definition) is 2. The zero-order chi connectivity index (χ0) is 4.50. The summed E-state index contributed by atoms with van der Waals surface area (Å²) < 4.78 is 24.0. The molecule has 0 aromatic heterocycles. The van der Waals surface area contributed by atoms with Gasteiger partial charge in [-0.1, -0.05) is 0 Å². The summed E-state index contributed by atoms with van der Waals surface area (Å²) in [6, 6.07) is 0. The van der Waals surface area contributed by atoms with E-state index in [-0.39, 0.29) is 35.0 Å². The topological polar surface area (TPSA) is 89.0 Å². The van der Waals surface area contributed by atoms with Crippen molar-refractivity contribution in [3.63, 3.8) is 0 Å². The maximum Gasteiger partial charge on any atom is 0.263 e. The number of hydrogen-bond acceptors (Lipinski definition) is 2. The molecule has 7 heavy (non-hydrogen) atoms. The van der Waals surface area contributed by atoms with Crippen molar-refractivity contribution in [1.29, 1.82) is 0 Å². The molecule has 4 nitrogen and oxygen atoms in total. The van der Waals surface area contributed by atoms with Gasteiger partial charge < -0.3 is 5.48 Å². The van der Waals surface area contributed by atoms with Crippen LogP contribution in [0.25, 0.3) is 0 Å². The largest absolute Gasteiger partial charge is 0.412 e. The average Bonchev–Trinajstić information content (AvgIpc) is 0.722. The summed E-state index contributed by atoms with van der Waals surface area (Å²) in [6.07, 6.45) is 0. The second kappa shape index (κ2) is 5.39. The number of rotatable bonds is 0. The molecule has 0 spiro atoms. The van der Waals surface area contributed by atoms with Crippen LogP contribution in [0.1, 0.15) is 0 Å².